The molecule has 2 rings (SSSR count). The first kappa shape index (κ1) is 12.2. The molecular formula is C11H12F2N2OS. The van der Waals surface area contributed by atoms with E-state index in [4.69, 9.17) is 0 Å². The molecule has 0 aliphatic heterocycles. The molecule has 2 N–H and O–H groups in total. The molecule has 0 atom stereocenters. The summed E-state index contributed by atoms with van der Waals surface area (Å²) in [5.74, 6) is -2.42. The number of hydrogen-bond donors (Lipinski definition) is 2. The van der Waals surface area contributed by atoms with Crippen molar-refractivity contribution in [3.63, 3.8) is 0 Å². The molecule has 1 aromatic carbocycles. The minimum Gasteiger partial charge on any atom is -0.335 e. The maximum atomic E-state index is 12.1. The summed E-state index contributed by atoms with van der Waals surface area (Å²) in [6.07, 6.45) is 2.05. The van der Waals surface area contributed by atoms with Crippen LogP contribution in [0.15, 0.2) is 29.2 Å². The van der Waals surface area contributed by atoms with Gasteiger partial charge in [0.15, 0.2) is 0 Å². The lowest BCUT2D eigenvalue weighted by molar-refractivity contribution is 0.251. The second kappa shape index (κ2) is 5.35. The molecule has 0 heterocycles. The van der Waals surface area contributed by atoms with Crippen LogP contribution in [-0.4, -0.2) is 17.8 Å². The quantitative estimate of drug-likeness (QED) is 0.814. The molecule has 92 valence electrons. The van der Waals surface area contributed by atoms with Gasteiger partial charge in [0.25, 0.3) is 5.76 Å². The van der Waals surface area contributed by atoms with Gasteiger partial charge in [0, 0.05) is 16.6 Å². The van der Waals surface area contributed by atoms with Crippen LogP contribution in [-0.2, 0) is 0 Å². The van der Waals surface area contributed by atoms with Crippen molar-refractivity contribution in [3.05, 3.63) is 24.3 Å². The highest BCUT2D eigenvalue weighted by Gasteiger charge is 2.23. The summed E-state index contributed by atoms with van der Waals surface area (Å²) in [6.45, 7) is 0. The maximum absolute atomic E-state index is 12.1. The number of benzene rings is 1. The Labute approximate surface area is 102 Å². The van der Waals surface area contributed by atoms with Crippen LogP contribution >= 0.6 is 11.8 Å². The minimum atomic E-state index is -2.42. The molecule has 6 heteroatoms. The topological polar surface area (TPSA) is 41.1 Å². The lowest BCUT2D eigenvalue weighted by Crippen LogP contribution is -2.30. The first-order chi connectivity index (χ1) is 8.13. The molecule has 1 aliphatic rings. The molecule has 2 amide bonds. The number of amides is 2. The van der Waals surface area contributed by atoms with Crippen molar-refractivity contribution in [1.29, 1.82) is 0 Å². The molecule has 1 saturated carbocycles. The Morgan fingerprint density at radius 2 is 1.94 bits per heavy atom. The summed E-state index contributed by atoms with van der Waals surface area (Å²) in [6, 6.07) is 6.38. The van der Waals surface area contributed by atoms with E-state index in [1.807, 2.05) is 0 Å². The highest BCUT2D eigenvalue weighted by Crippen LogP contribution is 2.26. The number of carbonyl (C=O) groups is 1. The van der Waals surface area contributed by atoms with Gasteiger partial charge in [0.2, 0.25) is 0 Å². The van der Waals surface area contributed by atoms with Crippen molar-refractivity contribution in [1.82, 2.24) is 5.32 Å². The molecule has 17 heavy (non-hydrogen) atoms. The van der Waals surface area contributed by atoms with E-state index < -0.39 is 5.76 Å². The van der Waals surface area contributed by atoms with Gasteiger partial charge in [-0.1, -0.05) is 11.8 Å². The largest absolute Gasteiger partial charge is 0.335 e. The van der Waals surface area contributed by atoms with Gasteiger partial charge in [0.05, 0.1) is 0 Å². The SMILES string of the molecule is O=C(Nc1ccc(SC(F)F)cc1)NC1CC1. The number of alkyl halides is 2. The van der Waals surface area contributed by atoms with Gasteiger partial charge in [-0.3, -0.25) is 0 Å². The third kappa shape index (κ3) is 4.22. The number of urea groups is 1. The van der Waals surface area contributed by atoms with Crippen molar-refractivity contribution in [2.45, 2.75) is 29.5 Å². The monoisotopic (exact) mass is 258 g/mol. The van der Waals surface area contributed by atoms with E-state index >= 15 is 0 Å². The summed E-state index contributed by atoms with van der Waals surface area (Å²) in [5.41, 5.74) is 0.599. The molecule has 1 fully saturated rings. The first-order valence-electron chi connectivity index (χ1n) is 5.26. The fourth-order valence-corrected chi connectivity index (χ4v) is 1.80. The van der Waals surface area contributed by atoms with Crippen LogP contribution in [0, 0.1) is 0 Å². The van der Waals surface area contributed by atoms with Crippen LogP contribution in [0.5, 0.6) is 0 Å². The van der Waals surface area contributed by atoms with Gasteiger partial charge in [-0.2, -0.15) is 8.78 Å². The van der Waals surface area contributed by atoms with E-state index in [0.717, 1.165) is 12.8 Å². The van der Waals surface area contributed by atoms with Crippen molar-refractivity contribution in [2.75, 3.05) is 5.32 Å². The average molecular weight is 258 g/mol. The molecule has 0 saturated heterocycles. The van der Waals surface area contributed by atoms with E-state index in [1.54, 1.807) is 24.3 Å². The molecule has 0 unspecified atom stereocenters. The zero-order valence-electron chi connectivity index (χ0n) is 8.95. The van der Waals surface area contributed by atoms with Gasteiger partial charge in [-0.25, -0.2) is 4.79 Å². The van der Waals surface area contributed by atoms with Gasteiger partial charge in [-0.15, -0.1) is 0 Å². The van der Waals surface area contributed by atoms with E-state index in [1.165, 1.54) is 0 Å². The number of nitrogens with one attached hydrogen (secondary N) is 2. The summed E-state index contributed by atoms with van der Waals surface area (Å²) in [4.78, 5) is 11.9. The summed E-state index contributed by atoms with van der Waals surface area (Å²) in [7, 11) is 0. The zero-order valence-corrected chi connectivity index (χ0v) is 9.77. The Bertz CT molecular complexity index is 393. The van der Waals surface area contributed by atoms with Crippen LogP contribution in [0.1, 0.15) is 12.8 Å². The predicted molar refractivity (Wildman–Crippen MR) is 63.5 cm³/mol. The second-order valence-corrected chi connectivity index (χ2v) is 4.84. The number of hydrogen-bond acceptors (Lipinski definition) is 2. The third-order valence-electron chi connectivity index (χ3n) is 2.25. The molecule has 3 nitrogen and oxygen atoms in total. The second-order valence-electron chi connectivity index (χ2n) is 3.78. The van der Waals surface area contributed by atoms with Crippen LogP contribution in [0.2, 0.25) is 0 Å². The third-order valence-corrected chi connectivity index (χ3v) is 2.97. The highest BCUT2D eigenvalue weighted by molar-refractivity contribution is 7.99. The van der Waals surface area contributed by atoms with Crippen LogP contribution in [0.4, 0.5) is 19.3 Å². The van der Waals surface area contributed by atoms with E-state index in [2.05, 4.69) is 10.6 Å². The zero-order chi connectivity index (χ0) is 12.3. The van der Waals surface area contributed by atoms with Crippen molar-refractivity contribution in [3.8, 4) is 0 Å². The lowest BCUT2D eigenvalue weighted by Gasteiger charge is -2.07. The van der Waals surface area contributed by atoms with Gasteiger partial charge >= 0.3 is 6.03 Å². The van der Waals surface area contributed by atoms with Crippen molar-refractivity contribution >= 4 is 23.5 Å². The van der Waals surface area contributed by atoms with Gasteiger partial charge in [-0.05, 0) is 37.1 Å². The molecular weight excluding hydrogens is 246 g/mol. The van der Waals surface area contributed by atoms with Crippen molar-refractivity contribution in [2.24, 2.45) is 0 Å². The fraction of sp³-hybridized carbons (Fsp3) is 0.364. The lowest BCUT2D eigenvalue weighted by atomic mass is 10.3. The minimum absolute atomic E-state index is 0.248. The highest BCUT2D eigenvalue weighted by atomic mass is 32.2. The summed E-state index contributed by atoms with van der Waals surface area (Å²) in [5, 5.41) is 5.42. The number of anilines is 1. The predicted octanol–water partition coefficient (Wildman–Crippen LogP) is 3.29. The smallest absolute Gasteiger partial charge is 0.319 e. The Morgan fingerprint density at radius 1 is 1.29 bits per heavy atom. The van der Waals surface area contributed by atoms with E-state index in [9.17, 15) is 13.6 Å². The van der Waals surface area contributed by atoms with Gasteiger partial charge < -0.3 is 10.6 Å². The molecule has 0 aromatic heterocycles. The van der Waals surface area contributed by atoms with Crippen LogP contribution < -0.4 is 10.6 Å². The molecule has 0 spiro atoms. The molecule has 0 bridgehead atoms. The van der Waals surface area contributed by atoms with Crippen molar-refractivity contribution < 1.29 is 13.6 Å². The number of halogens is 2. The Morgan fingerprint density at radius 3 is 2.47 bits per heavy atom. The number of rotatable bonds is 4. The summed E-state index contributed by atoms with van der Waals surface area (Å²) < 4.78 is 24.1. The van der Waals surface area contributed by atoms with E-state index in [-0.39, 0.29) is 6.03 Å². The number of thioether (sulfide) groups is 1. The number of carbonyl (C=O) groups excluding carboxylic acids is 1. The summed E-state index contributed by atoms with van der Waals surface area (Å²) >= 11 is 0.485. The average Bonchev–Trinajstić information content (AvgIpc) is 3.04. The van der Waals surface area contributed by atoms with Crippen LogP contribution in [0.25, 0.3) is 0 Å². The standard InChI is InChI=1S/C11H12F2N2OS/c12-10(13)17-9-5-3-8(4-6-9)15-11(16)14-7-1-2-7/h3-7,10H,1-2H2,(H2,14,15,16). The Balaban J connectivity index is 1.86. The van der Waals surface area contributed by atoms with Gasteiger partial charge in [0.1, 0.15) is 0 Å². The van der Waals surface area contributed by atoms with Crippen LogP contribution in [0.3, 0.4) is 0 Å². The molecule has 0 radical (unpaired) electrons. The molecule has 1 aromatic rings. The Hall–Kier alpha value is -1.30. The van der Waals surface area contributed by atoms with E-state index in [0.29, 0.717) is 28.4 Å². The fourth-order valence-electron chi connectivity index (χ4n) is 1.30. The first-order valence-corrected chi connectivity index (χ1v) is 6.14. The Kier molecular flexibility index (Phi) is 3.83. The normalized spacial score (nSPS) is 14.8. The maximum Gasteiger partial charge on any atom is 0.319 e. The molecule has 1 aliphatic carbocycles.